The van der Waals surface area contributed by atoms with E-state index in [0.29, 0.717) is 17.7 Å². The molecule has 3 aliphatic rings. The zero-order valence-electron chi connectivity index (χ0n) is 21.5. The number of fused-ring (bicyclic) bond motifs is 1. The van der Waals surface area contributed by atoms with E-state index in [1.54, 1.807) is 62.4 Å². The first-order valence-corrected chi connectivity index (χ1v) is 12.7. The average Bonchev–Trinajstić information content (AvgIpc) is 3.33. The van der Waals surface area contributed by atoms with E-state index in [-0.39, 0.29) is 6.61 Å². The Kier molecular flexibility index (Phi) is 7.33. The molecule has 2 aromatic carbocycles. The average molecular weight is 511 g/mol. The van der Waals surface area contributed by atoms with E-state index in [9.17, 15) is 9.59 Å². The van der Waals surface area contributed by atoms with Crippen LogP contribution in [0.1, 0.15) is 34.6 Å². The van der Waals surface area contributed by atoms with E-state index < -0.39 is 41.8 Å². The lowest BCUT2D eigenvalue weighted by Crippen LogP contribution is -2.59. The predicted molar refractivity (Wildman–Crippen MR) is 134 cm³/mol. The number of likely N-dealkylation sites (N-methyl/N-ethyl adjacent to an activating group) is 1. The van der Waals surface area contributed by atoms with Crippen molar-refractivity contribution in [2.75, 3.05) is 46.4 Å². The van der Waals surface area contributed by atoms with Gasteiger partial charge in [-0.3, -0.25) is 4.90 Å². The lowest BCUT2D eigenvalue weighted by molar-refractivity contribution is -0.249. The zero-order valence-corrected chi connectivity index (χ0v) is 21.5. The highest BCUT2D eigenvalue weighted by Crippen LogP contribution is 2.45. The van der Waals surface area contributed by atoms with Crippen LogP contribution in [0.3, 0.4) is 0 Å². The Morgan fingerprint density at radius 1 is 0.865 bits per heavy atom. The van der Waals surface area contributed by atoms with Gasteiger partial charge in [-0.1, -0.05) is 36.4 Å². The van der Waals surface area contributed by atoms with Crippen LogP contribution in [0.15, 0.2) is 60.7 Å². The predicted octanol–water partition coefficient (Wildman–Crippen LogP) is 2.56. The van der Waals surface area contributed by atoms with Gasteiger partial charge in [-0.2, -0.15) is 0 Å². The number of carbonyl (C=O) groups is 2. The third kappa shape index (κ3) is 5.71. The molecule has 0 bridgehead atoms. The number of ether oxygens (including phenoxy) is 5. The fraction of sp³-hybridized carbons (Fsp3) is 0.500. The summed E-state index contributed by atoms with van der Waals surface area (Å²) in [5.74, 6) is -1.89. The van der Waals surface area contributed by atoms with Gasteiger partial charge in [0.15, 0.2) is 29.9 Å². The summed E-state index contributed by atoms with van der Waals surface area (Å²) < 4.78 is 30.7. The molecule has 0 N–H and O–H groups in total. The third-order valence-corrected chi connectivity index (χ3v) is 7.04. The molecule has 0 saturated carbocycles. The second kappa shape index (κ2) is 10.5. The number of hydrogen-bond donors (Lipinski definition) is 0. The minimum atomic E-state index is -1.18. The monoisotopic (exact) mass is 510 g/mol. The number of piperazine rings is 1. The van der Waals surface area contributed by atoms with Crippen LogP contribution in [0.2, 0.25) is 0 Å². The van der Waals surface area contributed by atoms with Gasteiger partial charge in [-0.15, -0.1) is 0 Å². The van der Waals surface area contributed by atoms with Gasteiger partial charge in [-0.25, -0.2) is 9.59 Å². The lowest BCUT2D eigenvalue weighted by Gasteiger charge is -2.41. The van der Waals surface area contributed by atoms with Crippen LogP contribution in [-0.2, 0) is 23.7 Å². The largest absolute Gasteiger partial charge is 0.459 e. The van der Waals surface area contributed by atoms with Gasteiger partial charge in [0.25, 0.3) is 0 Å². The van der Waals surface area contributed by atoms with Crippen molar-refractivity contribution >= 4 is 11.9 Å². The molecular formula is C28H34N2O7. The summed E-state index contributed by atoms with van der Waals surface area (Å²) in [7, 11) is 2.08. The first-order valence-electron chi connectivity index (χ1n) is 12.7. The van der Waals surface area contributed by atoms with Crippen LogP contribution in [-0.4, -0.2) is 98.0 Å². The highest BCUT2D eigenvalue weighted by molar-refractivity contribution is 5.90. The van der Waals surface area contributed by atoms with E-state index >= 15 is 0 Å². The maximum atomic E-state index is 13.2. The number of esters is 2. The molecule has 3 fully saturated rings. The van der Waals surface area contributed by atoms with Crippen molar-refractivity contribution in [2.45, 2.75) is 43.7 Å². The van der Waals surface area contributed by atoms with Crippen molar-refractivity contribution < 1.29 is 33.3 Å². The molecule has 9 heteroatoms. The number of hydrogen-bond acceptors (Lipinski definition) is 9. The molecule has 9 nitrogen and oxygen atoms in total. The summed E-state index contributed by atoms with van der Waals surface area (Å²) in [6, 6.07) is 17.6. The van der Waals surface area contributed by atoms with Gasteiger partial charge in [0, 0.05) is 32.7 Å². The van der Waals surface area contributed by atoms with Gasteiger partial charge in [0.05, 0.1) is 11.1 Å². The van der Waals surface area contributed by atoms with Crippen LogP contribution in [0, 0.1) is 0 Å². The highest BCUT2D eigenvalue weighted by atomic mass is 16.8. The summed E-state index contributed by atoms with van der Waals surface area (Å²) in [6.45, 7) is 7.23. The normalized spacial score (nSPS) is 29.5. The topological polar surface area (TPSA) is 86.8 Å². The molecule has 0 unspecified atom stereocenters. The Hall–Kier alpha value is -2.82. The van der Waals surface area contributed by atoms with Crippen molar-refractivity contribution in [2.24, 2.45) is 0 Å². The van der Waals surface area contributed by atoms with Crippen molar-refractivity contribution in [3.05, 3.63) is 71.8 Å². The van der Waals surface area contributed by atoms with Crippen molar-refractivity contribution in [3.63, 3.8) is 0 Å². The van der Waals surface area contributed by atoms with Gasteiger partial charge in [-0.05, 0) is 45.2 Å². The Balaban J connectivity index is 1.44. The molecule has 0 radical (unpaired) electrons. The molecule has 3 aliphatic heterocycles. The summed E-state index contributed by atoms with van der Waals surface area (Å²) in [6.07, 6.45) is -2.31. The Morgan fingerprint density at radius 2 is 1.46 bits per heavy atom. The fourth-order valence-electron chi connectivity index (χ4n) is 5.10. The zero-order chi connectivity index (χ0) is 26.0. The van der Waals surface area contributed by atoms with Crippen LogP contribution < -0.4 is 0 Å². The van der Waals surface area contributed by atoms with Crippen molar-refractivity contribution in [3.8, 4) is 0 Å². The maximum absolute atomic E-state index is 13.2. The Labute approximate surface area is 217 Å². The van der Waals surface area contributed by atoms with E-state index in [2.05, 4.69) is 16.8 Å². The molecule has 37 heavy (non-hydrogen) atoms. The van der Waals surface area contributed by atoms with Crippen LogP contribution in [0.25, 0.3) is 0 Å². The first kappa shape index (κ1) is 25.8. The second-order valence-corrected chi connectivity index (χ2v) is 10.4. The number of nitrogens with zero attached hydrogens (tertiary/aromatic N) is 2. The summed E-state index contributed by atoms with van der Waals surface area (Å²) in [5, 5.41) is 0. The molecule has 198 valence electrons. The van der Waals surface area contributed by atoms with Crippen molar-refractivity contribution in [1.82, 2.24) is 9.80 Å². The number of carbonyl (C=O) groups excluding carboxylic acids is 2. The van der Waals surface area contributed by atoms with E-state index in [4.69, 9.17) is 23.7 Å². The van der Waals surface area contributed by atoms with E-state index in [1.165, 1.54) is 0 Å². The van der Waals surface area contributed by atoms with Gasteiger partial charge in [0.1, 0.15) is 6.61 Å². The van der Waals surface area contributed by atoms with Gasteiger partial charge in [0.2, 0.25) is 0 Å². The molecule has 4 atom stereocenters. The van der Waals surface area contributed by atoms with E-state index in [1.807, 2.05) is 12.1 Å². The third-order valence-electron chi connectivity index (χ3n) is 7.04. The molecule has 0 spiro atoms. The highest BCUT2D eigenvalue weighted by Gasteiger charge is 2.64. The Bertz CT molecular complexity index is 1090. The maximum Gasteiger partial charge on any atom is 0.338 e. The fourth-order valence-corrected chi connectivity index (χ4v) is 5.10. The molecule has 3 heterocycles. The summed E-state index contributed by atoms with van der Waals surface area (Å²) >= 11 is 0. The summed E-state index contributed by atoms with van der Waals surface area (Å²) in [5.41, 5.74) is -0.336. The number of benzene rings is 2. The Morgan fingerprint density at radius 3 is 2.08 bits per heavy atom. The molecule has 3 saturated heterocycles. The minimum Gasteiger partial charge on any atom is -0.459 e. The lowest BCUT2D eigenvalue weighted by atomic mass is 9.94. The quantitative estimate of drug-likeness (QED) is 0.522. The van der Waals surface area contributed by atoms with Crippen LogP contribution >= 0.6 is 0 Å². The smallest absolute Gasteiger partial charge is 0.338 e. The van der Waals surface area contributed by atoms with Crippen LogP contribution in [0.4, 0.5) is 0 Å². The standard InChI is InChI=1S/C28H34N2O7/c1-27(2)35-22-23(34-25(32)21-12-8-5-9-13-21)28(37-26(22)36-27,18-30-16-14-29(3)15-17-30)19-33-24(31)20-10-6-4-7-11-20/h4-13,22-23,26H,14-19H2,1-3H3/t22-,23-,26+,28-/m1/s1. The van der Waals surface area contributed by atoms with Gasteiger partial charge < -0.3 is 28.6 Å². The van der Waals surface area contributed by atoms with Crippen molar-refractivity contribution in [1.29, 1.82) is 0 Å². The number of rotatable bonds is 7. The molecule has 0 aliphatic carbocycles. The van der Waals surface area contributed by atoms with E-state index in [0.717, 1.165) is 26.2 Å². The molecule has 0 aromatic heterocycles. The van der Waals surface area contributed by atoms with Gasteiger partial charge >= 0.3 is 11.9 Å². The SMILES string of the molecule is CN1CCN(C[C@]2(COC(=O)c3ccccc3)O[C@@H]3OC(C)(C)O[C@@H]3[C@H]2OC(=O)c2ccccc2)CC1. The molecular weight excluding hydrogens is 476 g/mol. The molecule has 0 amide bonds. The van der Waals surface area contributed by atoms with Crippen LogP contribution in [0.5, 0.6) is 0 Å². The first-order chi connectivity index (χ1) is 17.7. The minimum absolute atomic E-state index is 0.125. The second-order valence-electron chi connectivity index (χ2n) is 10.4. The summed E-state index contributed by atoms with van der Waals surface area (Å²) in [4.78, 5) is 30.6. The molecule has 2 aromatic rings. The molecule has 5 rings (SSSR count).